The third-order valence-electron chi connectivity index (χ3n) is 2.99. The van der Waals surface area contributed by atoms with E-state index in [9.17, 15) is 0 Å². The number of hydrogen-bond acceptors (Lipinski definition) is 5. The van der Waals surface area contributed by atoms with E-state index in [2.05, 4.69) is 15.5 Å². The summed E-state index contributed by atoms with van der Waals surface area (Å²) in [5.41, 5.74) is 6.81. The Labute approximate surface area is 122 Å². The van der Waals surface area contributed by atoms with Gasteiger partial charge in [-0.05, 0) is 12.5 Å². The van der Waals surface area contributed by atoms with Gasteiger partial charge in [0.2, 0.25) is 0 Å². The van der Waals surface area contributed by atoms with Crippen LogP contribution in [-0.4, -0.2) is 22.6 Å². The van der Waals surface area contributed by atoms with Crippen molar-refractivity contribution in [2.75, 3.05) is 6.54 Å². The summed E-state index contributed by atoms with van der Waals surface area (Å²) in [7, 11) is 0. The average Bonchev–Trinajstić information content (AvgIpc) is 2.89. The van der Waals surface area contributed by atoms with E-state index in [0.717, 1.165) is 17.1 Å². The van der Waals surface area contributed by atoms with Crippen LogP contribution in [-0.2, 0) is 6.54 Å². The fourth-order valence-corrected chi connectivity index (χ4v) is 2.74. The van der Waals surface area contributed by atoms with Gasteiger partial charge in [-0.1, -0.05) is 35.5 Å². The maximum absolute atomic E-state index is 8.91. The first kappa shape index (κ1) is 14.5. The maximum atomic E-state index is 8.91. The second kappa shape index (κ2) is 7.02. The summed E-state index contributed by atoms with van der Waals surface area (Å²) in [5, 5.41) is 16.4. The van der Waals surface area contributed by atoms with E-state index in [4.69, 9.17) is 10.9 Å². The second-order valence-electron chi connectivity index (χ2n) is 4.46. The zero-order valence-electron chi connectivity index (χ0n) is 11.3. The van der Waals surface area contributed by atoms with E-state index >= 15 is 0 Å². The van der Waals surface area contributed by atoms with Crippen LogP contribution < -0.4 is 11.1 Å². The molecule has 2 aromatic rings. The van der Waals surface area contributed by atoms with Crippen molar-refractivity contribution in [1.82, 2.24) is 10.3 Å². The molecule has 1 aromatic carbocycles. The van der Waals surface area contributed by atoms with Gasteiger partial charge in [-0.2, -0.15) is 0 Å². The molecule has 0 radical (unpaired) electrons. The molecule has 1 aromatic heterocycles. The molecule has 20 heavy (non-hydrogen) atoms. The van der Waals surface area contributed by atoms with E-state index in [-0.39, 0.29) is 11.8 Å². The fraction of sp³-hybridized carbons (Fsp3) is 0.286. The SMILES string of the molecule is Cc1ncc(CNCC(C(N)=NO)c2ccccc2)s1. The van der Waals surface area contributed by atoms with Gasteiger partial charge in [0, 0.05) is 24.2 Å². The van der Waals surface area contributed by atoms with Crippen molar-refractivity contribution in [2.45, 2.75) is 19.4 Å². The topological polar surface area (TPSA) is 83.5 Å². The Hall–Kier alpha value is -1.92. The highest BCUT2D eigenvalue weighted by Crippen LogP contribution is 2.16. The molecule has 0 aliphatic carbocycles. The van der Waals surface area contributed by atoms with Gasteiger partial charge in [-0.25, -0.2) is 4.98 Å². The normalized spacial score (nSPS) is 13.3. The lowest BCUT2D eigenvalue weighted by Crippen LogP contribution is -2.31. The molecule has 1 unspecified atom stereocenters. The Morgan fingerprint density at radius 3 is 2.80 bits per heavy atom. The van der Waals surface area contributed by atoms with Crippen molar-refractivity contribution in [3.05, 3.63) is 52.0 Å². The summed E-state index contributed by atoms with van der Waals surface area (Å²) in [6.07, 6.45) is 1.87. The monoisotopic (exact) mass is 290 g/mol. The lowest BCUT2D eigenvalue weighted by molar-refractivity contribution is 0.315. The molecule has 0 fully saturated rings. The molecule has 0 bridgehead atoms. The van der Waals surface area contributed by atoms with E-state index < -0.39 is 0 Å². The molecule has 6 heteroatoms. The summed E-state index contributed by atoms with van der Waals surface area (Å²) in [6.45, 7) is 3.32. The highest BCUT2D eigenvalue weighted by molar-refractivity contribution is 7.11. The Morgan fingerprint density at radius 1 is 1.45 bits per heavy atom. The van der Waals surface area contributed by atoms with E-state index in [0.29, 0.717) is 6.54 Å². The number of thiazole rings is 1. The van der Waals surface area contributed by atoms with Gasteiger partial charge in [-0.3, -0.25) is 0 Å². The highest BCUT2D eigenvalue weighted by Gasteiger charge is 2.16. The first-order valence-electron chi connectivity index (χ1n) is 6.35. The molecule has 4 N–H and O–H groups in total. The standard InChI is InChI=1S/C14H18N4OS/c1-10-17-8-12(20-10)7-16-9-13(14(15)18-19)11-5-3-2-4-6-11/h2-6,8,13,16,19H,7,9H2,1H3,(H2,15,18). The van der Waals surface area contributed by atoms with E-state index in [1.807, 2.05) is 43.5 Å². The summed E-state index contributed by atoms with van der Waals surface area (Å²) < 4.78 is 0. The molecule has 106 valence electrons. The van der Waals surface area contributed by atoms with Crippen LogP contribution >= 0.6 is 11.3 Å². The zero-order chi connectivity index (χ0) is 14.4. The number of hydrogen-bond donors (Lipinski definition) is 3. The molecule has 0 aliphatic heterocycles. The summed E-state index contributed by atoms with van der Waals surface area (Å²) in [6, 6.07) is 9.78. The lowest BCUT2D eigenvalue weighted by atomic mass is 9.98. The molecule has 0 aliphatic rings. The van der Waals surface area contributed by atoms with E-state index in [1.54, 1.807) is 11.3 Å². The fourth-order valence-electron chi connectivity index (χ4n) is 1.97. The lowest BCUT2D eigenvalue weighted by Gasteiger charge is -2.16. The summed E-state index contributed by atoms with van der Waals surface area (Å²) >= 11 is 1.66. The molecule has 1 heterocycles. The minimum absolute atomic E-state index is 0.143. The van der Waals surface area contributed by atoms with Crippen molar-refractivity contribution >= 4 is 17.2 Å². The maximum Gasteiger partial charge on any atom is 0.147 e. The number of aryl methyl sites for hydroxylation is 1. The number of nitrogens with zero attached hydrogens (tertiary/aromatic N) is 2. The van der Waals surface area contributed by atoms with Gasteiger partial charge >= 0.3 is 0 Å². The number of nitrogens with one attached hydrogen (secondary N) is 1. The second-order valence-corrected chi connectivity index (χ2v) is 5.78. The third-order valence-corrected chi connectivity index (χ3v) is 3.90. The predicted octanol–water partition coefficient (Wildman–Crippen LogP) is 2.07. The Kier molecular flexibility index (Phi) is 5.09. The molecule has 0 amide bonds. The van der Waals surface area contributed by atoms with Crippen LogP contribution in [0.25, 0.3) is 0 Å². The molecule has 2 rings (SSSR count). The van der Waals surface area contributed by atoms with Gasteiger partial charge in [0.25, 0.3) is 0 Å². The Bertz CT molecular complexity index is 568. The molecule has 1 atom stereocenters. The molecule has 0 saturated carbocycles. The molecule has 0 spiro atoms. The number of benzene rings is 1. The number of nitrogens with two attached hydrogens (primary N) is 1. The Balaban J connectivity index is 1.98. The van der Waals surface area contributed by atoms with Crippen molar-refractivity contribution in [2.24, 2.45) is 10.9 Å². The average molecular weight is 290 g/mol. The first-order chi connectivity index (χ1) is 9.70. The van der Waals surface area contributed by atoms with Crippen LogP contribution in [0.2, 0.25) is 0 Å². The van der Waals surface area contributed by atoms with Crippen LogP contribution in [0.4, 0.5) is 0 Å². The number of amidine groups is 1. The first-order valence-corrected chi connectivity index (χ1v) is 7.16. The van der Waals surface area contributed by atoms with Crippen LogP contribution in [0.1, 0.15) is 21.4 Å². The quantitative estimate of drug-likeness (QED) is 0.329. The van der Waals surface area contributed by atoms with Crippen molar-refractivity contribution < 1.29 is 5.21 Å². The molecular weight excluding hydrogens is 272 g/mol. The molecular formula is C14H18N4OS. The predicted molar refractivity (Wildman–Crippen MR) is 81.1 cm³/mol. The largest absolute Gasteiger partial charge is 0.409 e. The number of rotatable bonds is 6. The van der Waals surface area contributed by atoms with Gasteiger partial charge in [0.1, 0.15) is 5.84 Å². The van der Waals surface area contributed by atoms with Crippen molar-refractivity contribution in [3.63, 3.8) is 0 Å². The van der Waals surface area contributed by atoms with Crippen LogP contribution in [0.5, 0.6) is 0 Å². The van der Waals surface area contributed by atoms with Crippen LogP contribution in [0, 0.1) is 6.92 Å². The number of aromatic nitrogens is 1. The van der Waals surface area contributed by atoms with Gasteiger partial charge in [0.15, 0.2) is 0 Å². The third kappa shape index (κ3) is 3.79. The van der Waals surface area contributed by atoms with Gasteiger partial charge in [-0.15, -0.1) is 11.3 Å². The summed E-state index contributed by atoms with van der Waals surface area (Å²) in [4.78, 5) is 5.39. The Morgan fingerprint density at radius 2 is 2.20 bits per heavy atom. The summed E-state index contributed by atoms with van der Waals surface area (Å²) in [5.74, 6) is 0.0689. The zero-order valence-corrected chi connectivity index (χ0v) is 12.1. The van der Waals surface area contributed by atoms with Crippen LogP contribution in [0.3, 0.4) is 0 Å². The number of oxime groups is 1. The van der Waals surface area contributed by atoms with Gasteiger partial charge in [0.05, 0.1) is 10.9 Å². The van der Waals surface area contributed by atoms with Crippen LogP contribution in [0.15, 0.2) is 41.7 Å². The van der Waals surface area contributed by atoms with E-state index in [1.165, 1.54) is 4.88 Å². The van der Waals surface area contributed by atoms with Crippen molar-refractivity contribution in [1.29, 1.82) is 0 Å². The minimum atomic E-state index is -0.143. The van der Waals surface area contributed by atoms with Crippen molar-refractivity contribution in [3.8, 4) is 0 Å². The highest BCUT2D eigenvalue weighted by atomic mass is 32.1. The molecule has 5 nitrogen and oxygen atoms in total. The molecule has 0 saturated heterocycles. The smallest absolute Gasteiger partial charge is 0.147 e. The minimum Gasteiger partial charge on any atom is -0.409 e. The van der Waals surface area contributed by atoms with Gasteiger partial charge < -0.3 is 16.3 Å².